The van der Waals surface area contributed by atoms with Crippen molar-refractivity contribution in [3.05, 3.63) is 58.1 Å². The van der Waals surface area contributed by atoms with Gasteiger partial charge in [-0.05, 0) is 36.6 Å². The first kappa shape index (κ1) is 30.6. The number of amides is 1. The molecule has 39 heavy (non-hydrogen) atoms. The fourth-order valence-corrected chi connectivity index (χ4v) is 5.21. The number of hydrogen-bond donors (Lipinski definition) is 4. The molecule has 0 aromatic heterocycles. The van der Waals surface area contributed by atoms with Crippen molar-refractivity contribution < 1.29 is 41.8 Å². The number of hydrogen-bond acceptors (Lipinski definition) is 4. The number of aliphatic hydroxyl groups excluding tert-OH is 1. The summed E-state index contributed by atoms with van der Waals surface area (Å²) in [6.07, 6.45) is -7.72. The molecule has 14 heteroatoms. The number of aliphatic carboxylic acids is 1. The third-order valence-electron chi connectivity index (χ3n) is 6.54. The van der Waals surface area contributed by atoms with Gasteiger partial charge in [-0.1, -0.05) is 53.5 Å². The van der Waals surface area contributed by atoms with Crippen molar-refractivity contribution >= 4 is 41.0 Å². The number of carbonyl (C=O) groups is 2. The maximum Gasteiger partial charge on any atom is 0.490 e. The molecule has 1 amide bonds. The molecule has 2 fully saturated rings. The van der Waals surface area contributed by atoms with Crippen LogP contribution in [0.3, 0.4) is 0 Å². The first-order chi connectivity index (χ1) is 18.0. The van der Waals surface area contributed by atoms with Gasteiger partial charge in [0.2, 0.25) is 5.91 Å². The van der Waals surface area contributed by atoms with Crippen LogP contribution in [0.2, 0.25) is 10.0 Å². The van der Waals surface area contributed by atoms with Gasteiger partial charge in [-0.3, -0.25) is 15.1 Å². The standard InChI is InChI=1S/C23H23Cl2F2N3O2.C2HF3O2/c1-22(17-7-3-6-16(20(17)25)13-4-2-5-14(24)10-13)12-19(32)30(21(28)29-22)15-8-9-23(26,27)18(31)11-15;3-2(4,5)1(6)7/h2-7,10,15,18,31H,8-9,11-12H2,1H3,(H2,28,29);(H,6,7)/t15-,18+,22+;/m1./s1. The lowest BCUT2D eigenvalue weighted by molar-refractivity contribution is -0.192. The first-order valence-electron chi connectivity index (χ1n) is 11.6. The summed E-state index contributed by atoms with van der Waals surface area (Å²) in [4.78, 5) is 23.2. The number of guanidine groups is 1. The molecule has 2 aromatic rings. The first-order valence-corrected chi connectivity index (χ1v) is 12.3. The van der Waals surface area contributed by atoms with Gasteiger partial charge in [0.1, 0.15) is 6.10 Å². The van der Waals surface area contributed by atoms with Crippen LogP contribution in [0.5, 0.6) is 0 Å². The fraction of sp³-hybridized carbons (Fsp3) is 0.400. The van der Waals surface area contributed by atoms with E-state index in [1.807, 2.05) is 24.3 Å². The van der Waals surface area contributed by atoms with Crippen LogP contribution < -0.4 is 5.32 Å². The Morgan fingerprint density at radius 3 is 2.33 bits per heavy atom. The van der Waals surface area contributed by atoms with E-state index >= 15 is 0 Å². The Kier molecular flexibility index (Phi) is 8.83. The minimum Gasteiger partial charge on any atom is -0.475 e. The molecular weight excluding hydrogens is 572 g/mol. The van der Waals surface area contributed by atoms with E-state index in [1.54, 1.807) is 25.1 Å². The van der Waals surface area contributed by atoms with Gasteiger partial charge in [-0.25, -0.2) is 13.6 Å². The lowest BCUT2D eigenvalue weighted by atomic mass is 9.83. The normalized spacial score (nSPS) is 24.9. The summed E-state index contributed by atoms with van der Waals surface area (Å²) in [7, 11) is 0. The molecule has 1 saturated carbocycles. The molecule has 4 N–H and O–H groups in total. The molecule has 2 aromatic carbocycles. The highest BCUT2D eigenvalue weighted by molar-refractivity contribution is 6.34. The third kappa shape index (κ3) is 6.79. The van der Waals surface area contributed by atoms with Crippen LogP contribution in [0.25, 0.3) is 11.1 Å². The summed E-state index contributed by atoms with van der Waals surface area (Å²) in [5, 5.41) is 29.4. The minimum absolute atomic E-state index is 0.0155. The van der Waals surface area contributed by atoms with E-state index < -0.39 is 42.2 Å². The molecule has 3 atom stereocenters. The molecule has 1 heterocycles. The Bertz CT molecular complexity index is 1260. The molecular formula is C25H24Cl2F5N3O4. The SMILES string of the molecule is C[C@@]1(c2cccc(-c3cccc(Cl)c3)c2Cl)CC(=O)N([C@@H]2CCC(F)(F)[C@@H](O)C2)C(=N)N1.O=C(O)C(F)(F)F. The van der Waals surface area contributed by atoms with Crippen molar-refractivity contribution in [3.8, 4) is 11.1 Å². The van der Waals surface area contributed by atoms with Crippen LogP contribution in [0.1, 0.15) is 38.2 Å². The van der Waals surface area contributed by atoms with E-state index in [1.165, 1.54) is 4.90 Å². The second kappa shape index (κ2) is 11.3. The van der Waals surface area contributed by atoms with Crippen LogP contribution in [0.4, 0.5) is 22.0 Å². The summed E-state index contributed by atoms with van der Waals surface area (Å²) >= 11 is 12.9. The molecule has 0 spiro atoms. The topological polar surface area (TPSA) is 114 Å². The molecule has 212 valence electrons. The van der Waals surface area contributed by atoms with Gasteiger partial charge in [-0.2, -0.15) is 13.2 Å². The number of nitrogens with one attached hydrogen (secondary N) is 2. The summed E-state index contributed by atoms with van der Waals surface area (Å²) in [6.45, 7) is 1.78. The molecule has 0 bridgehead atoms. The largest absolute Gasteiger partial charge is 0.490 e. The number of halogens is 7. The van der Waals surface area contributed by atoms with E-state index in [0.29, 0.717) is 15.6 Å². The average molecular weight is 596 g/mol. The van der Waals surface area contributed by atoms with Crippen LogP contribution in [0.15, 0.2) is 42.5 Å². The highest BCUT2D eigenvalue weighted by atomic mass is 35.5. The molecule has 0 unspecified atom stereocenters. The summed E-state index contributed by atoms with van der Waals surface area (Å²) in [6, 6.07) is 12.1. The van der Waals surface area contributed by atoms with E-state index in [4.69, 9.17) is 38.5 Å². The zero-order chi connectivity index (χ0) is 29.3. The van der Waals surface area contributed by atoms with Gasteiger partial charge in [0.25, 0.3) is 5.92 Å². The van der Waals surface area contributed by atoms with Crippen LogP contribution in [-0.4, -0.2) is 57.2 Å². The molecule has 1 saturated heterocycles. The second-order valence-corrected chi connectivity index (χ2v) is 10.2. The average Bonchev–Trinajstić information content (AvgIpc) is 2.81. The molecule has 2 aliphatic rings. The number of alkyl halides is 5. The van der Waals surface area contributed by atoms with Crippen LogP contribution >= 0.6 is 23.2 Å². The van der Waals surface area contributed by atoms with Crippen LogP contribution in [-0.2, 0) is 15.1 Å². The van der Waals surface area contributed by atoms with Gasteiger partial charge < -0.3 is 15.5 Å². The zero-order valence-corrected chi connectivity index (χ0v) is 21.8. The van der Waals surface area contributed by atoms with Gasteiger partial charge in [0.05, 0.1) is 17.0 Å². The van der Waals surface area contributed by atoms with Crippen molar-refractivity contribution in [2.24, 2.45) is 0 Å². The monoisotopic (exact) mass is 595 g/mol. The molecule has 7 nitrogen and oxygen atoms in total. The highest BCUT2D eigenvalue weighted by Crippen LogP contribution is 2.41. The Balaban J connectivity index is 0.000000532. The van der Waals surface area contributed by atoms with Crippen molar-refractivity contribution in [1.82, 2.24) is 10.2 Å². The highest BCUT2D eigenvalue weighted by Gasteiger charge is 2.49. The number of rotatable bonds is 3. The number of benzene rings is 2. The summed E-state index contributed by atoms with van der Waals surface area (Å²) in [5.41, 5.74) is 1.25. The van der Waals surface area contributed by atoms with Gasteiger partial charge in [-0.15, -0.1) is 0 Å². The second-order valence-electron chi connectivity index (χ2n) is 9.43. The number of carboxylic acid groups (broad SMARTS) is 1. The number of aliphatic hydroxyl groups is 1. The summed E-state index contributed by atoms with van der Waals surface area (Å²) in [5.74, 6) is -6.49. The maximum atomic E-state index is 13.7. The Morgan fingerprint density at radius 1 is 1.18 bits per heavy atom. The van der Waals surface area contributed by atoms with Gasteiger partial charge >= 0.3 is 12.1 Å². The van der Waals surface area contributed by atoms with Crippen molar-refractivity contribution in [2.75, 3.05) is 0 Å². The van der Waals surface area contributed by atoms with Gasteiger partial charge in [0, 0.05) is 29.5 Å². The fourth-order valence-electron chi connectivity index (χ4n) is 4.57. The summed E-state index contributed by atoms with van der Waals surface area (Å²) < 4.78 is 59.1. The zero-order valence-electron chi connectivity index (χ0n) is 20.3. The minimum atomic E-state index is -5.08. The molecule has 1 aliphatic heterocycles. The Hall–Kier alpha value is -2.96. The Labute approximate surface area is 230 Å². The predicted molar refractivity (Wildman–Crippen MR) is 134 cm³/mol. The van der Waals surface area contributed by atoms with Crippen LogP contribution in [0, 0.1) is 5.41 Å². The lowest BCUT2D eigenvalue weighted by Crippen LogP contribution is -2.63. The number of carbonyl (C=O) groups excluding carboxylic acids is 1. The quantitative estimate of drug-likeness (QED) is 0.334. The number of nitrogens with zero attached hydrogens (tertiary/aromatic N) is 1. The maximum absolute atomic E-state index is 13.7. The number of carboxylic acids is 1. The Morgan fingerprint density at radius 2 is 1.79 bits per heavy atom. The predicted octanol–water partition coefficient (Wildman–Crippen LogP) is 5.81. The van der Waals surface area contributed by atoms with E-state index in [0.717, 1.165) is 11.1 Å². The lowest BCUT2D eigenvalue weighted by Gasteiger charge is -2.46. The third-order valence-corrected chi connectivity index (χ3v) is 7.18. The smallest absolute Gasteiger partial charge is 0.475 e. The van der Waals surface area contributed by atoms with Crippen molar-refractivity contribution in [3.63, 3.8) is 0 Å². The van der Waals surface area contributed by atoms with E-state index in [2.05, 4.69) is 5.32 Å². The molecule has 1 aliphatic carbocycles. The molecule has 4 rings (SSSR count). The van der Waals surface area contributed by atoms with Crippen molar-refractivity contribution in [2.45, 2.75) is 62.4 Å². The molecule has 0 radical (unpaired) electrons. The van der Waals surface area contributed by atoms with Crippen molar-refractivity contribution in [1.29, 1.82) is 5.41 Å². The van der Waals surface area contributed by atoms with Gasteiger partial charge in [0.15, 0.2) is 5.96 Å². The van der Waals surface area contributed by atoms with E-state index in [-0.39, 0.29) is 31.1 Å². The van der Waals surface area contributed by atoms with E-state index in [9.17, 15) is 31.9 Å².